The molecule has 0 amide bonds. The standard InChI is InChI=1S/C11H16N4/c12-10-4-14-11(5-13-10)15-6-8-2-1-3-9(8)7-15/h4-5,8-9H,1-3,6-7H2,(H2,12,13). The Morgan fingerprint density at radius 2 is 1.87 bits per heavy atom. The zero-order chi connectivity index (χ0) is 10.3. The molecule has 1 aromatic rings. The Kier molecular flexibility index (Phi) is 2.01. The zero-order valence-electron chi connectivity index (χ0n) is 8.76. The third-order valence-corrected chi connectivity index (χ3v) is 3.71. The Labute approximate surface area is 89.5 Å². The maximum Gasteiger partial charge on any atom is 0.147 e. The Bertz CT molecular complexity index is 336. The topological polar surface area (TPSA) is 55.0 Å². The Morgan fingerprint density at radius 1 is 1.13 bits per heavy atom. The van der Waals surface area contributed by atoms with Gasteiger partial charge in [0.25, 0.3) is 0 Å². The molecule has 1 saturated heterocycles. The molecule has 3 rings (SSSR count). The highest BCUT2D eigenvalue weighted by atomic mass is 15.2. The van der Waals surface area contributed by atoms with Crippen molar-refractivity contribution in [1.29, 1.82) is 0 Å². The molecule has 1 saturated carbocycles. The molecule has 4 heteroatoms. The number of anilines is 2. The summed E-state index contributed by atoms with van der Waals surface area (Å²) in [5.74, 6) is 3.27. The first kappa shape index (κ1) is 8.95. The summed E-state index contributed by atoms with van der Waals surface area (Å²) in [6.45, 7) is 2.31. The Hall–Kier alpha value is -1.32. The van der Waals surface area contributed by atoms with Crippen molar-refractivity contribution >= 4 is 11.6 Å². The van der Waals surface area contributed by atoms with Crippen molar-refractivity contribution in [2.75, 3.05) is 23.7 Å². The van der Waals surface area contributed by atoms with Crippen LogP contribution in [-0.2, 0) is 0 Å². The lowest BCUT2D eigenvalue weighted by Gasteiger charge is -2.17. The van der Waals surface area contributed by atoms with Gasteiger partial charge in [0, 0.05) is 13.1 Å². The molecule has 15 heavy (non-hydrogen) atoms. The summed E-state index contributed by atoms with van der Waals surface area (Å²) in [4.78, 5) is 10.8. The average molecular weight is 204 g/mol. The molecule has 0 spiro atoms. The summed E-state index contributed by atoms with van der Waals surface area (Å²) < 4.78 is 0. The predicted octanol–water partition coefficient (Wildman–Crippen LogP) is 1.30. The zero-order valence-corrected chi connectivity index (χ0v) is 8.76. The summed E-state index contributed by atoms with van der Waals surface area (Å²) in [6.07, 6.45) is 7.63. The molecule has 1 aliphatic carbocycles. The van der Waals surface area contributed by atoms with Crippen molar-refractivity contribution in [1.82, 2.24) is 9.97 Å². The minimum absolute atomic E-state index is 0.498. The maximum atomic E-state index is 5.53. The Balaban J connectivity index is 1.76. The summed E-state index contributed by atoms with van der Waals surface area (Å²) in [5, 5.41) is 0. The van der Waals surface area contributed by atoms with Crippen LogP contribution in [0.1, 0.15) is 19.3 Å². The molecule has 4 nitrogen and oxygen atoms in total. The van der Waals surface area contributed by atoms with E-state index in [1.54, 1.807) is 12.4 Å². The van der Waals surface area contributed by atoms with Crippen molar-refractivity contribution < 1.29 is 0 Å². The van der Waals surface area contributed by atoms with Gasteiger partial charge in [0.15, 0.2) is 0 Å². The molecular weight excluding hydrogens is 188 g/mol. The summed E-state index contributed by atoms with van der Waals surface area (Å²) >= 11 is 0. The van der Waals surface area contributed by atoms with E-state index in [2.05, 4.69) is 14.9 Å². The van der Waals surface area contributed by atoms with Gasteiger partial charge in [-0.2, -0.15) is 0 Å². The van der Waals surface area contributed by atoms with E-state index in [0.29, 0.717) is 5.82 Å². The summed E-state index contributed by atoms with van der Waals surface area (Å²) in [6, 6.07) is 0. The van der Waals surface area contributed by atoms with Crippen LogP contribution in [0.5, 0.6) is 0 Å². The van der Waals surface area contributed by atoms with Crippen LogP contribution in [0.3, 0.4) is 0 Å². The van der Waals surface area contributed by atoms with Crippen LogP contribution in [0.15, 0.2) is 12.4 Å². The average Bonchev–Trinajstić information content (AvgIpc) is 2.78. The van der Waals surface area contributed by atoms with Gasteiger partial charge in [0.2, 0.25) is 0 Å². The minimum Gasteiger partial charge on any atom is -0.382 e. The van der Waals surface area contributed by atoms with Gasteiger partial charge in [-0.05, 0) is 24.7 Å². The van der Waals surface area contributed by atoms with E-state index in [4.69, 9.17) is 5.73 Å². The van der Waals surface area contributed by atoms with Gasteiger partial charge >= 0.3 is 0 Å². The van der Waals surface area contributed by atoms with Gasteiger partial charge in [-0.25, -0.2) is 9.97 Å². The van der Waals surface area contributed by atoms with Crippen molar-refractivity contribution in [3.63, 3.8) is 0 Å². The summed E-state index contributed by atoms with van der Waals surface area (Å²) in [5.41, 5.74) is 5.53. The SMILES string of the molecule is Nc1cnc(N2CC3CCCC3C2)cn1. The molecule has 0 aromatic carbocycles. The number of nitrogen functional groups attached to an aromatic ring is 1. The molecule has 1 aliphatic heterocycles. The van der Waals surface area contributed by atoms with Crippen LogP contribution in [0, 0.1) is 11.8 Å². The van der Waals surface area contributed by atoms with Crippen LogP contribution in [0.25, 0.3) is 0 Å². The van der Waals surface area contributed by atoms with Gasteiger partial charge < -0.3 is 10.6 Å². The van der Waals surface area contributed by atoms with Gasteiger partial charge in [-0.15, -0.1) is 0 Å². The van der Waals surface area contributed by atoms with Crippen LogP contribution in [0.2, 0.25) is 0 Å². The minimum atomic E-state index is 0.498. The molecule has 2 unspecified atom stereocenters. The van der Waals surface area contributed by atoms with E-state index in [-0.39, 0.29) is 0 Å². The lowest BCUT2D eigenvalue weighted by molar-refractivity contribution is 0.494. The van der Waals surface area contributed by atoms with Crippen LogP contribution in [-0.4, -0.2) is 23.1 Å². The molecule has 0 bridgehead atoms. The van der Waals surface area contributed by atoms with E-state index in [0.717, 1.165) is 30.7 Å². The molecule has 2 heterocycles. The fourth-order valence-electron chi connectivity index (χ4n) is 2.92. The van der Waals surface area contributed by atoms with E-state index in [1.807, 2.05) is 0 Å². The molecule has 2 aliphatic rings. The highest BCUT2D eigenvalue weighted by Gasteiger charge is 2.36. The van der Waals surface area contributed by atoms with Crippen molar-refractivity contribution in [3.05, 3.63) is 12.4 Å². The lowest BCUT2D eigenvalue weighted by Crippen LogP contribution is -2.22. The first-order valence-electron chi connectivity index (χ1n) is 5.65. The monoisotopic (exact) mass is 204 g/mol. The summed E-state index contributed by atoms with van der Waals surface area (Å²) in [7, 11) is 0. The first-order valence-corrected chi connectivity index (χ1v) is 5.65. The second-order valence-electron chi connectivity index (χ2n) is 4.66. The predicted molar refractivity (Wildman–Crippen MR) is 59.5 cm³/mol. The van der Waals surface area contributed by atoms with Crippen LogP contribution in [0.4, 0.5) is 11.6 Å². The van der Waals surface area contributed by atoms with Crippen LogP contribution >= 0.6 is 0 Å². The normalized spacial score (nSPS) is 29.5. The number of hydrogen-bond donors (Lipinski definition) is 1. The highest BCUT2D eigenvalue weighted by molar-refractivity contribution is 5.40. The van der Waals surface area contributed by atoms with Crippen molar-refractivity contribution in [3.8, 4) is 0 Å². The maximum absolute atomic E-state index is 5.53. The van der Waals surface area contributed by atoms with E-state index < -0.39 is 0 Å². The van der Waals surface area contributed by atoms with E-state index >= 15 is 0 Å². The highest BCUT2D eigenvalue weighted by Crippen LogP contribution is 2.38. The Morgan fingerprint density at radius 3 is 2.47 bits per heavy atom. The second-order valence-corrected chi connectivity index (χ2v) is 4.66. The molecule has 0 radical (unpaired) electrons. The molecule has 1 aromatic heterocycles. The molecule has 2 N–H and O–H groups in total. The largest absolute Gasteiger partial charge is 0.382 e. The van der Waals surface area contributed by atoms with E-state index in [1.165, 1.54) is 19.3 Å². The number of nitrogens with two attached hydrogens (primary N) is 1. The number of hydrogen-bond acceptors (Lipinski definition) is 4. The number of rotatable bonds is 1. The van der Waals surface area contributed by atoms with Crippen molar-refractivity contribution in [2.24, 2.45) is 11.8 Å². The third kappa shape index (κ3) is 1.54. The number of nitrogens with zero attached hydrogens (tertiary/aromatic N) is 3. The lowest BCUT2D eigenvalue weighted by atomic mass is 10.0. The fourth-order valence-corrected chi connectivity index (χ4v) is 2.92. The van der Waals surface area contributed by atoms with Gasteiger partial charge in [-0.1, -0.05) is 6.42 Å². The number of aromatic nitrogens is 2. The van der Waals surface area contributed by atoms with Crippen LogP contribution < -0.4 is 10.6 Å². The molecule has 2 atom stereocenters. The number of fused-ring (bicyclic) bond motifs is 1. The molecular formula is C11H16N4. The quantitative estimate of drug-likeness (QED) is 0.749. The molecule has 80 valence electrons. The van der Waals surface area contributed by atoms with Gasteiger partial charge in [0.1, 0.15) is 11.6 Å². The van der Waals surface area contributed by atoms with Gasteiger partial charge in [-0.3, -0.25) is 0 Å². The molecule has 2 fully saturated rings. The fraction of sp³-hybridized carbons (Fsp3) is 0.636. The van der Waals surface area contributed by atoms with Gasteiger partial charge in [0.05, 0.1) is 12.4 Å². The van der Waals surface area contributed by atoms with Crippen molar-refractivity contribution in [2.45, 2.75) is 19.3 Å². The third-order valence-electron chi connectivity index (χ3n) is 3.71. The smallest absolute Gasteiger partial charge is 0.147 e. The second kappa shape index (κ2) is 3.36. The first-order chi connectivity index (χ1) is 7.33. The van der Waals surface area contributed by atoms with E-state index in [9.17, 15) is 0 Å².